The molecule has 0 saturated heterocycles. The number of halogens is 2. The molecule has 0 saturated carbocycles. The number of hydrogen-bond donors (Lipinski definition) is 1. The molecule has 3 rings (SSSR count). The zero-order chi connectivity index (χ0) is 19.2. The molecule has 1 amide bonds. The van der Waals surface area contributed by atoms with E-state index in [2.05, 4.69) is 15.5 Å². The number of nitrogens with one attached hydrogen (secondary N) is 1. The van der Waals surface area contributed by atoms with Gasteiger partial charge in [0.15, 0.2) is 5.01 Å². The minimum atomic E-state index is -0.350. The van der Waals surface area contributed by atoms with Crippen molar-refractivity contribution >= 4 is 51.7 Å². The maximum Gasteiger partial charge on any atom is 0.282 e. The Balaban J connectivity index is 1.64. The van der Waals surface area contributed by atoms with Gasteiger partial charge in [0.2, 0.25) is 5.01 Å². The number of aromatic nitrogens is 2. The number of carbonyl (C=O) groups is 1. The Morgan fingerprint density at radius 1 is 1.15 bits per heavy atom. The summed E-state index contributed by atoms with van der Waals surface area (Å²) in [6.07, 6.45) is 3.80. The summed E-state index contributed by atoms with van der Waals surface area (Å²) in [5.74, 6) is -0.666. The Labute approximate surface area is 169 Å². The zero-order valence-electron chi connectivity index (χ0n) is 14.3. The first-order valence-electron chi connectivity index (χ1n) is 7.93. The topological polar surface area (TPSA) is 54.9 Å². The molecule has 8 heteroatoms. The van der Waals surface area contributed by atoms with Crippen LogP contribution in [0.5, 0.6) is 0 Å². The summed E-state index contributed by atoms with van der Waals surface area (Å²) < 4.78 is 12.9. The van der Waals surface area contributed by atoms with Crippen LogP contribution in [-0.2, 0) is 6.54 Å². The summed E-state index contributed by atoms with van der Waals surface area (Å²) in [5.41, 5.74) is 1.73. The zero-order valence-corrected chi connectivity index (χ0v) is 16.7. The van der Waals surface area contributed by atoms with Crippen LogP contribution in [0.2, 0.25) is 0 Å². The van der Waals surface area contributed by atoms with Crippen molar-refractivity contribution in [3.63, 3.8) is 0 Å². The van der Waals surface area contributed by atoms with Gasteiger partial charge in [0.1, 0.15) is 5.82 Å². The van der Waals surface area contributed by atoms with Gasteiger partial charge in [-0.3, -0.25) is 4.79 Å². The van der Waals surface area contributed by atoms with E-state index in [-0.39, 0.29) is 23.3 Å². The third kappa shape index (κ3) is 5.38. The van der Waals surface area contributed by atoms with Crippen molar-refractivity contribution < 1.29 is 9.18 Å². The molecular formula is C19H15ClFN3OS2. The largest absolute Gasteiger partial charge is 0.346 e. The van der Waals surface area contributed by atoms with E-state index in [1.54, 1.807) is 30.0 Å². The molecule has 0 aliphatic rings. The molecule has 0 aliphatic heterocycles. The van der Waals surface area contributed by atoms with E-state index in [4.69, 9.17) is 11.6 Å². The second kappa shape index (κ2) is 9.12. The predicted octanol–water partition coefficient (Wildman–Crippen LogP) is 5.07. The van der Waals surface area contributed by atoms with E-state index >= 15 is 0 Å². The van der Waals surface area contributed by atoms with Gasteiger partial charge >= 0.3 is 0 Å². The highest BCUT2D eigenvalue weighted by Crippen LogP contribution is 2.26. The molecule has 0 spiro atoms. The fourth-order valence-electron chi connectivity index (χ4n) is 2.18. The van der Waals surface area contributed by atoms with Gasteiger partial charge in [0.05, 0.1) is 5.03 Å². The van der Waals surface area contributed by atoms with Crippen LogP contribution >= 0.6 is 34.7 Å². The lowest BCUT2D eigenvalue weighted by atomic mass is 10.2. The predicted molar refractivity (Wildman–Crippen MR) is 109 cm³/mol. The van der Waals surface area contributed by atoms with E-state index in [0.29, 0.717) is 10.0 Å². The first kappa shape index (κ1) is 19.5. The van der Waals surface area contributed by atoms with Crippen LogP contribution in [0.1, 0.15) is 25.9 Å². The van der Waals surface area contributed by atoms with Gasteiger partial charge in [0, 0.05) is 11.4 Å². The first-order valence-corrected chi connectivity index (χ1v) is 10.3. The van der Waals surface area contributed by atoms with Crippen molar-refractivity contribution in [2.45, 2.75) is 11.4 Å². The molecule has 1 N–H and O–H groups in total. The van der Waals surface area contributed by atoms with Crippen molar-refractivity contribution in [3.05, 3.63) is 75.5 Å². The molecular weight excluding hydrogens is 405 g/mol. The summed E-state index contributed by atoms with van der Waals surface area (Å²) in [6.45, 7) is 0.277. The van der Waals surface area contributed by atoms with Crippen LogP contribution < -0.4 is 5.32 Å². The van der Waals surface area contributed by atoms with Crippen molar-refractivity contribution in [1.82, 2.24) is 15.5 Å². The minimum Gasteiger partial charge on any atom is -0.346 e. The van der Waals surface area contributed by atoms with E-state index in [1.807, 2.05) is 30.5 Å². The maximum atomic E-state index is 12.9. The number of nitrogens with zero attached hydrogens (tertiary/aromatic N) is 2. The number of rotatable bonds is 6. The third-order valence-corrected chi connectivity index (χ3v) is 5.70. The van der Waals surface area contributed by atoms with E-state index in [0.717, 1.165) is 22.5 Å². The third-order valence-electron chi connectivity index (χ3n) is 3.60. The van der Waals surface area contributed by atoms with Crippen molar-refractivity contribution in [2.75, 3.05) is 6.26 Å². The molecule has 0 fully saturated rings. The molecule has 1 heterocycles. The smallest absolute Gasteiger partial charge is 0.282 e. The van der Waals surface area contributed by atoms with Crippen LogP contribution in [0.15, 0.2) is 53.4 Å². The number of hydrogen-bond acceptors (Lipinski definition) is 5. The monoisotopic (exact) mass is 419 g/mol. The minimum absolute atomic E-state index is 0.219. The molecule has 2 aromatic carbocycles. The van der Waals surface area contributed by atoms with Gasteiger partial charge in [-0.25, -0.2) is 4.39 Å². The van der Waals surface area contributed by atoms with Gasteiger partial charge in [0.25, 0.3) is 5.91 Å². The van der Waals surface area contributed by atoms with E-state index in [9.17, 15) is 9.18 Å². The number of carbonyl (C=O) groups excluding carboxylic acids is 1. The summed E-state index contributed by atoms with van der Waals surface area (Å²) in [4.78, 5) is 13.4. The molecule has 0 bridgehead atoms. The van der Waals surface area contributed by atoms with Gasteiger partial charge in [-0.15, -0.1) is 22.0 Å². The molecule has 0 unspecified atom stereocenters. The van der Waals surface area contributed by atoms with E-state index < -0.39 is 0 Å². The highest BCUT2D eigenvalue weighted by molar-refractivity contribution is 7.98. The molecule has 1 aromatic heterocycles. The van der Waals surface area contributed by atoms with Crippen LogP contribution in [0.3, 0.4) is 0 Å². The van der Waals surface area contributed by atoms with Crippen LogP contribution in [-0.4, -0.2) is 22.4 Å². The van der Waals surface area contributed by atoms with Crippen molar-refractivity contribution in [3.8, 4) is 0 Å². The van der Waals surface area contributed by atoms with Gasteiger partial charge in [-0.05, 0) is 47.7 Å². The molecule has 0 aliphatic carbocycles. The van der Waals surface area contributed by atoms with Crippen LogP contribution in [0.25, 0.3) is 11.1 Å². The highest BCUT2D eigenvalue weighted by Gasteiger charge is 2.14. The molecule has 27 heavy (non-hydrogen) atoms. The highest BCUT2D eigenvalue weighted by atomic mass is 35.5. The summed E-state index contributed by atoms with van der Waals surface area (Å²) in [5, 5.41) is 11.7. The Hall–Kier alpha value is -2.22. The number of thioether (sulfide) groups is 1. The summed E-state index contributed by atoms with van der Waals surface area (Å²) in [6, 6.07) is 13.9. The summed E-state index contributed by atoms with van der Waals surface area (Å²) >= 11 is 9.10. The Morgan fingerprint density at radius 3 is 2.48 bits per heavy atom. The fraction of sp³-hybridized carbons (Fsp3) is 0.105. The Kier molecular flexibility index (Phi) is 6.60. The maximum absolute atomic E-state index is 12.9. The Morgan fingerprint density at radius 2 is 1.81 bits per heavy atom. The van der Waals surface area contributed by atoms with E-state index in [1.165, 1.54) is 17.0 Å². The van der Waals surface area contributed by atoms with Crippen LogP contribution in [0.4, 0.5) is 4.39 Å². The molecule has 138 valence electrons. The van der Waals surface area contributed by atoms with Crippen molar-refractivity contribution in [1.29, 1.82) is 0 Å². The second-order valence-electron chi connectivity index (χ2n) is 5.49. The first-order chi connectivity index (χ1) is 13.0. The van der Waals surface area contributed by atoms with Gasteiger partial charge in [-0.2, -0.15) is 0 Å². The molecule has 0 atom stereocenters. The average molecular weight is 420 g/mol. The van der Waals surface area contributed by atoms with Crippen molar-refractivity contribution in [2.24, 2.45) is 0 Å². The molecule has 4 nitrogen and oxygen atoms in total. The van der Waals surface area contributed by atoms with Gasteiger partial charge in [-0.1, -0.05) is 47.2 Å². The SMILES string of the molecule is CSc1ccc(/C=C(\Cl)c2nnc(C(=O)NCc3ccc(F)cc3)s2)cc1. The lowest BCUT2D eigenvalue weighted by Gasteiger charge is -2.02. The van der Waals surface area contributed by atoms with Gasteiger partial charge < -0.3 is 5.32 Å². The number of amides is 1. The average Bonchev–Trinajstić information content (AvgIpc) is 3.18. The standard InChI is InChI=1S/C19H15ClFN3OS2/c1-26-15-8-4-12(5-9-15)10-16(20)18-23-24-19(27-18)17(25)22-11-13-2-6-14(21)7-3-13/h2-10H,11H2,1H3,(H,22,25)/b16-10-. The molecule has 0 radical (unpaired) electrons. The second-order valence-corrected chi connectivity index (χ2v) is 7.75. The summed E-state index contributed by atoms with van der Waals surface area (Å²) in [7, 11) is 0. The lowest BCUT2D eigenvalue weighted by molar-refractivity contribution is 0.0950. The number of benzene rings is 2. The normalized spacial score (nSPS) is 11.4. The lowest BCUT2D eigenvalue weighted by Crippen LogP contribution is -2.22. The quantitative estimate of drug-likeness (QED) is 0.567. The van der Waals surface area contributed by atoms with Crippen LogP contribution in [0, 0.1) is 5.82 Å². The molecule has 3 aromatic rings. The Bertz CT molecular complexity index is 956. The fourth-order valence-corrected chi connectivity index (χ4v) is 3.54.